The molecular weight excluding hydrogens is 583 g/mol. The molecule has 72 valence electrons. The van der Waals surface area contributed by atoms with Crippen LogP contribution in [0.5, 0.6) is 0 Å². The third kappa shape index (κ3) is 151. The first-order chi connectivity index (χ1) is 3.15. The molecule has 0 fully saturated rings. The van der Waals surface area contributed by atoms with Crippen molar-refractivity contribution in [2.75, 3.05) is 6.61 Å². The van der Waals surface area contributed by atoms with Crippen molar-refractivity contribution in [3.8, 4) is 0 Å². The van der Waals surface area contributed by atoms with E-state index in [1.54, 1.807) is 6.92 Å². The van der Waals surface area contributed by atoms with E-state index in [4.69, 9.17) is 30.6 Å². The van der Waals surface area contributed by atoms with Crippen LogP contribution in [0.2, 0.25) is 0 Å². The van der Waals surface area contributed by atoms with Crippen LogP contribution in [-0.4, -0.2) is 54.3 Å². The Balaban J connectivity index is -0.00000000848. The Morgan fingerprint density at radius 1 is 1.09 bits per heavy atom. The number of hydrogen-bond acceptors (Lipinski definition) is 1. The molecule has 1 nitrogen and oxygen atoms in total. The average Bonchev–Trinajstić information content (AvgIpc) is 1.33. The largest absolute Gasteiger partial charge is 3.00 e. The van der Waals surface area contributed by atoms with Crippen LogP contribution in [0.3, 0.4) is 0 Å². The van der Waals surface area contributed by atoms with Crippen LogP contribution >= 0.6 is 25.5 Å². The second-order valence-corrected chi connectivity index (χ2v) is 15.5. The average molecular weight is 590 g/mol. The van der Waals surface area contributed by atoms with Gasteiger partial charge in [-0.1, -0.05) is 0 Å². The molecule has 0 aromatic heterocycles. The summed E-state index contributed by atoms with van der Waals surface area (Å²) in [6.45, 7) is 1.93. The molecule has 0 aliphatic rings. The van der Waals surface area contributed by atoms with Crippen molar-refractivity contribution in [1.29, 1.82) is 0 Å². The molecule has 0 spiro atoms. The standard InChI is InChI=1S/C2H6O.Bi.6ClH.Sb/c1-2-3;;;;;;;;/h3H,2H2,1H3;;6*1H;/q;+3;;;;;;;+3/p-6. The Labute approximate surface area is 122 Å². The fourth-order valence-corrected chi connectivity index (χ4v) is 0. The predicted octanol–water partition coefficient (Wildman–Crippen LogP) is -7.68. The summed E-state index contributed by atoms with van der Waals surface area (Å²) in [5, 5.41) is 7.57. The summed E-state index contributed by atoms with van der Waals surface area (Å²) in [6.07, 6.45) is 0. The molecule has 0 bridgehead atoms. The zero-order valence-corrected chi connectivity index (χ0v) is 15.9. The van der Waals surface area contributed by atoms with Crippen LogP contribution < -0.4 is 37.2 Å². The first-order valence-corrected chi connectivity index (χ1v) is 14.4. The molecule has 0 aliphatic heterocycles. The van der Waals surface area contributed by atoms with Gasteiger partial charge in [0.2, 0.25) is 0 Å². The van der Waals surface area contributed by atoms with Gasteiger partial charge in [0.25, 0.3) is 0 Å². The van der Waals surface area contributed by atoms with Gasteiger partial charge in [0.1, 0.15) is 0 Å². The van der Waals surface area contributed by atoms with Crippen LogP contribution in [0.1, 0.15) is 6.92 Å². The summed E-state index contributed by atoms with van der Waals surface area (Å²) < 4.78 is 0. The minimum atomic E-state index is -2.18. The quantitative estimate of drug-likeness (QED) is 0.279. The van der Waals surface area contributed by atoms with Gasteiger partial charge in [-0.05, 0) is 6.92 Å². The van der Waals surface area contributed by atoms with Gasteiger partial charge in [0, 0.05) is 6.61 Å². The maximum Gasteiger partial charge on any atom is 3.00 e. The molecule has 0 aromatic rings. The van der Waals surface area contributed by atoms with E-state index in [1.165, 1.54) is 0 Å². The molecule has 2 radical (unpaired) electrons. The molecule has 0 atom stereocenters. The minimum Gasteiger partial charge on any atom is 3.00 e. The number of rotatable bonds is 0. The number of halogens is 6. The number of hydrogen-bond donors (Lipinski definition) is 1. The van der Waals surface area contributed by atoms with E-state index in [1.807, 2.05) is 0 Å². The van der Waals surface area contributed by atoms with E-state index >= 15 is 0 Å². The summed E-state index contributed by atoms with van der Waals surface area (Å²) in [4.78, 5) is 0. The molecule has 1 N–H and O–H groups in total. The van der Waals surface area contributed by atoms with Crippen molar-refractivity contribution in [2.45, 2.75) is 6.92 Å². The van der Waals surface area contributed by atoms with Crippen LogP contribution in [0, 0.1) is 0 Å². The molecule has 0 rings (SSSR count). The fraction of sp³-hybridized carbons (Fsp3) is 1.00. The molecule has 0 unspecified atom stereocenters. The predicted molar refractivity (Wildman–Crippen MR) is 41.8 cm³/mol. The van der Waals surface area contributed by atoms with Gasteiger partial charge in [0.15, 0.2) is 0 Å². The van der Waals surface area contributed by atoms with Crippen molar-refractivity contribution in [3.63, 3.8) is 0 Å². The molecule has 0 aliphatic carbocycles. The Morgan fingerprint density at radius 2 is 1.09 bits per heavy atom. The van der Waals surface area contributed by atoms with Gasteiger partial charge >= 0.3 is 68.1 Å². The molecule has 9 heteroatoms. The topological polar surface area (TPSA) is 20.2 Å². The normalized spacial score (nSPS) is 4.91. The Hall–Kier alpha value is 3.40. The molecule has 0 aromatic carbocycles. The summed E-state index contributed by atoms with van der Waals surface area (Å²) >= 11 is -2.18. The first kappa shape index (κ1) is 36.6. The van der Waals surface area contributed by atoms with E-state index in [9.17, 15) is 0 Å². The Kier molecular flexibility index (Phi) is 125. The molecule has 0 saturated carbocycles. The monoisotopic (exact) mass is 586 g/mol. The van der Waals surface area contributed by atoms with Gasteiger partial charge in [0.05, 0.1) is 0 Å². The van der Waals surface area contributed by atoms with E-state index < -0.39 is 18.2 Å². The third-order valence-electron chi connectivity index (χ3n) is 0. The minimum absolute atomic E-state index is 0. The zero-order chi connectivity index (χ0) is 6.28. The van der Waals surface area contributed by atoms with Crippen molar-refractivity contribution >= 4 is 68.1 Å². The van der Waals surface area contributed by atoms with E-state index in [0.29, 0.717) is 0 Å². The summed E-state index contributed by atoms with van der Waals surface area (Å²) in [7, 11) is 15.0. The maximum absolute atomic E-state index is 7.57. The van der Waals surface area contributed by atoms with Gasteiger partial charge in [-0.25, -0.2) is 0 Å². The summed E-state index contributed by atoms with van der Waals surface area (Å²) in [5.74, 6) is 0. The summed E-state index contributed by atoms with van der Waals surface area (Å²) in [5.41, 5.74) is 0. The second-order valence-electron chi connectivity index (χ2n) is 0.508. The second kappa shape index (κ2) is 37.6. The molecule has 11 heavy (non-hydrogen) atoms. The molecule has 0 saturated heterocycles. The van der Waals surface area contributed by atoms with Crippen LogP contribution in [-0.2, 0) is 0 Å². The number of aliphatic hydroxyl groups is 1. The Bertz CT molecular complexity index is 31.8. The molecule has 0 amide bonds. The van der Waals surface area contributed by atoms with Crippen LogP contribution in [0.4, 0.5) is 0 Å². The van der Waals surface area contributed by atoms with Crippen molar-refractivity contribution in [3.05, 3.63) is 0 Å². The van der Waals surface area contributed by atoms with Crippen molar-refractivity contribution < 1.29 is 42.3 Å². The van der Waals surface area contributed by atoms with Gasteiger partial charge < -0.3 is 42.3 Å². The maximum atomic E-state index is 7.57. The van der Waals surface area contributed by atoms with Crippen LogP contribution in [0.15, 0.2) is 0 Å². The van der Waals surface area contributed by atoms with E-state index in [-0.39, 0.29) is 68.3 Å². The van der Waals surface area contributed by atoms with E-state index in [0.717, 1.165) is 0 Å². The SMILES string of the molecule is CCO.[Cl-].[Cl-].[Cl-].[Cl][Bi]([Cl])[Cl].[Sb+3]. The third-order valence-corrected chi connectivity index (χ3v) is 0. The Morgan fingerprint density at radius 3 is 1.09 bits per heavy atom. The fourth-order valence-electron chi connectivity index (χ4n) is 0. The van der Waals surface area contributed by atoms with E-state index in [2.05, 4.69) is 0 Å². The van der Waals surface area contributed by atoms with Gasteiger partial charge in [-0.2, -0.15) is 0 Å². The zero-order valence-electron chi connectivity index (χ0n) is 5.32. The van der Waals surface area contributed by atoms with Crippen LogP contribution in [0.25, 0.3) is 0 Å². The first-order valence-electron chi connectivity index (χ1n) is 1.53. The van der Waals surface area contributed by atoms with Crippen molar-refractivity contribution in [2.24, 2.45) is 0 Å². The van der Waals surface area contributed by atoms with Crippen molar-refractivity contribution in [1.82, 2.24) is 0 Å². The smallest absolute Gasteiger partial charge is 3.00 e. The molecule has 0 heterocycles. The summed E-state index contributed by atoms with van der Waals surface area (Å²) in [6, 6.07) is 0. The number of aliphatic hydroxyl groups excluding tert-OH is 1. The molecular formula is C2H6BiCl6OSb. The van der Waals surface area contributed by atoms with Gasteiger partial charge in [-0.3, -0.25) is 0 Å². The van der Waals surface area contributed by atoms with Gasteiger partial charge in [-0.15, -0.1) is 0 Å².